The highest BCUT2D eigenvalue weighted by atomic mass is 35.5. The lowest BCUT2D eigenvalue weighted by molar-refractivity contribution is -0.384. The van der Waals surface area contributed by atoms with Gasteiger partial charge in [-0.2, -0.15) is 0 Å². The molecule has 1 unspecified atom stereocenters. The molecule has 8 heteroatoms. The summed E-state index contributed by atoms with van der Waals surface area (Å²) in [6, 6.07) is 7.87. The molecule has 132 valence electrons. The number of aliphatic hydroxyl groups is 1. The molecule has 0 aromatic heterocycles. The van der Waals surface area contributed by atoms with Crippen molar-refractivity contribution in [1.82, 2.24) is 0 Å². The van der Waals surface area contributed by atoms with Gasteiger partial charge in [-0.25, -0.2) is 0 Å². The van der Waals surface area contributed by atoms with E-state index in [9.17, 15) is 15.2 Å². The highest BCUT2D eigenvalue weighted by Crippen LogP contribution is 2.39. The second-order valence-corrected chi connectivity index (χ2v) is 6.09. The Bertz CT molecular complexity index is 812. The van der Waals surface area contributed by atoms with E-state index in [0.29, 0.717) is 41.0 Å². The lowest BCUT2D eigenvalue weighted by Crippen LogP contribution is -2.17. The molecule has 25 heavy (non-hydrogen) atoms. The van der Waals surface area contributed by atoms with Gasteiger partial charge >= 0.3 is 0 Å². The van der Waals surface area contributed by atoms with Gasteiger partial charge < -0.3 is 19.9 Å². The van der Waals surface area contributed by atoms with Crippen LogP contribution in [0, 0.1) is 17.0 Å². The molecule has 0 spiro atoms. The molecule has 7 nitrogen and oxygen atoms in total. The Kier molecular flexibility index (Phi) is 4.96. The van der Waals surface area contributed by atoms with Crippen molar-refractivity contribution >= 4 is 23.0 Å². The van der Waals surface area contributed by atoms with Crippen LogP contribution in [0.2, 0.25) is 5.02 Å². The standard InChI is InChI=1S/C17H17ClN2O5/c1-10-6-12(20(22)23)2-3-14(10)19-9-15(21)11-7-13(18)17-16(8-11)24-4-5-25-17/h2-3,6-8,15,19,21H,4-5,9H2,1H3. The zero-order chi connectivity index (χ0) is 18.0. The molecule has 3 rings (SSSR count). The minimum Gasteiger partial charge on any atom is -0.486 e. The van der Waals surface area contributed by atoms with E-state index in [1.54, 1.807) is 25.1 Å². The van der Waals surface area contributed by atoms with E-state index in [1.807, 2.05) is 0 Å². The smallest absolute Gasteiger partial charge is 0.269 e. The SMILES string of the molecule is Cc1cc([N+](=O)[O-])ccc1NCC(O)c1cc(Cl)c2c(c1)OCCO2. The molecule has 0 radical (unpaired) electrons. The first-order chi connectivity index (χ1) is 12.0. The summed E-state index contributed by atoms with van der Waals surface area (Å²) in [6.07, 6.45) is -0.831. The van der Waals surface area contributed by atoms with Crippen LogP contribution in [0.15, 0.2) is 30.3 Å². The van der Waals surface area contributed by atoms with Crippen molar-refractivity contribution in [3.8, 4) is 11.5 Å². The number of aliphatic hydroxyl groups excluding tert-OH is 1. The number of hydrogen-bond donors (Lipinski definition) is 2. The van der Waals surface area contributed by atoms with Gasteiger partial charge in [-0.3, -0.25) is 10.1 Å². The lowest BCUT2D eigenvalue weighted by atomic mass is 10.1. The Morgan fingerprint density at radius 1 is 1.32 bits per heavy atom. The fourth-order valence-electron chi connectivity index (χ4n) is 2.61. The highest BCUT2D eigenvalue weighted by molar-refractivity contribution is 6.32. The van der Waals surface area contributed by atoms with Crippen LogP contribution in [0.3, 0.4) is 0 Å². The average Bonchev–Trinajstić information content (AvgIpc) is 2.60. The maximum atomic E-state index is 10.8. The number of hydrogen-bond acceptors (Lipinski definition) is 6. The van der Waals surface area contributed by atoms with Crippen LogP contribution in [-0.2, 0) is 0 Å². The number of rotatable bonds is 5. The van der Waals surface area contributed by atoms with E-state index in [1.165, 1.54) is 12.1 Å². The average molecular weight is 365 g/mol. The molecule has 1 heterocycles. The molecule has 1 atom stereocenters. The third-order valence-electron chi connectivity index (χ3n) is 3.91. The summed E-state index contributed by atoms with van der Waals surface area (Å²) in [6.45, 7) is 2.86. The van der Waals surface area contributed by atoms with Crippen LogP contribution in [0.5, 0.6) is 11.5 Å². The van der Waals surface area contributed by atoms with Crippen LogP contribution in [-0.4, -0.2) is 29.8 Å². The highest BCUT2D eigenvalue weighted by Gasteiger charge is 2.19. The second kappa shape index (κ2) is 7.16. The Morgan fingerprint density at radius 3 is 2.80 bits per heavy atom. The predicted octanol–water partition coefficient (Wildman–Crippen LogP) is 3.47. The van der Waals surface area contributed by atoms with Crippen LogP contribution in [0.1, 0.15) is 17.2 Å². The Morgan fingerprint density at radius 2 is 2.08 bits per heavy atom. The Labute approximate surface area is 149 Å². The molecular weight excluding hydrogens is 348 g/mol. The van der Waals surface area contributed by atoms with Crippen molar-refractivity contribution in [2.24, 2.45) is 0 Å². The number of nitrogens with one attached hydrogen (secondary N) is 1. The quantitative estimate of drug-likeness (QED) is 0.623. The molecule has 1 aliphatic heterocycles. The molecule has 0 saturated heterocycles. The number of nitro benzene ring substituents is 1. The topological polar surface area (TPSA) is 93.9 Å². The van der Waals surface area contributed by atoms with Gasteiger partial charge in [0.2, 0.25) is 0 Å². The number of aryl methyl sites for hydroxylation is 1. The third kappa shape index (κ3) is 3.78. The van der Waals surface area contributed by atoms with Crippen molar-refractivity contribution < 1.29 is 19.5 Å². The van der Waals surface area contributed by atoms with Gasteiger partial charge in [-0.1, -0.05) is 11.6 Å². The molecule has 0 fully saturated rings. The first kappa shape index (κ1) is 17.3. The summed E-state index contributed by atoms with van der Waals surface area (Å²) in [5.41, 5.74) is 2.07. The number of halogens is 1. The number of nitro groups is 1. The summed E-state index contributed by atoms with van der Waals surface area (Å²) in [7, 11) is 0. The number of anilines is 1. The molecule has 1 aliphatic rings. The van der Waals surface area contributed by atoms with Gasteiger partial charge in [-0.15, -0.1) is 0 Å². The fourth-order valence-corrected chi connectivity index (χ4v) is 2.88. The van der Waals surface area contributed by atoms with Crippen LogP contribution in [0.25, 0.3) is 0 Å². The molecular formula is C17H17ClN2O5. The van der Waals surface area contributed by atoms with Gasteiger partial charge in [0.15, 0.2) is 11.5 Å². The normalized spacial score (nSPS) is 14.0. The van der Waals surface area contributed by atoms with Crippen molar-refractivity contribution in [3.63, 3.8) is 0 Å². The van der Waals surface area contributed by atoms with Crippen molar-refractivity contribution in [2.45, 2.75) is 13.0 Å². The Hall–Kier alpha value is -2.51. The van der Waals surface area contributed by atoms with E-state index in [4.69, 9.17) is 21.1 Å². The van der Waals surface area contributed by atoms with E-state index in [0.717, 1.165) is 5.56 Å². The first-order valence-corrected chi connectivity index (χ1v) is 8.09. The maximum Gasteiger partial charge on any atom is 0.269 e. The zero-order valence-corrected chi connectivity index (χ0v) is 14.2. The summed E-state index contributed by atoms with van der Waals surface area (Å²) in [4.78, 5) is 10.3. The number of benzene rings is 2. The predicted molar refractivity (Wildman–Crippen MR) is 93.7 cm³/mol. The third-order valence-corrected chi connectivity index (χ3v) is 4.19. The second-order valence-electron chi connectivity index (χ2n) is 5.68. The van der Waals surface area contributed by atoms with E-state index < -0.39 is 11.0 Å². The summed E-state index contributed by atoms with van der Waals surface area (Å²) in [5, 5.41) is 24.7. The molecule has 2 aromatic carbocycles. The molecule has 0 aliphatic carbocycles. The van der Waals surface area contributed by atoms with Gasteiger partial charge in [0, 0.05) is 24.4 Å². The lowest BCUT2D eigenvalue weighted by Gasteiger charge is -2.22. The van der Waals surface area contributed by atoms with Gasteiger partial charge in [0.05, 0.1) is 16.0 Å². The van der Waals surface area contributed by atoms with E-state index in [2.05, 4.69) is 5.32 Å². The molecule has 2 aromatic rings. The van der Waals surface area contributed by atoms with Crippen molar-refractivity contribution in [1.29, 1.82) is 0 Å². The maximum absolute atomic E-state index is 10.8. The van der Waals surface area contributed by atoms with Crippen LogP contribution >= 0.6 is 11.6 Å². The van der Waals surface area contributed by atoms with Gasteiger partial charge in [0.1, 0.15) is 13.2 Å². The molecule has 0 bridgehead atoms. The molecule has 2 N–H and O–H groups in total. The number of nitrogens with zero attached hydrogens (tertiary/aromatic N) is 1. The number of non-ortho nitro benzene ring substituents is 1. The van der Waals surface area contributed by atoms with Crippen molar-refractivity contribution in [2.75, 3.05) is 25.1 Å². The van der Waals surface area contributed by atoms with E-state index in [-0.39, 0.29) is 12.2 Å². The molecule has 0 amide bonds. The summed E-state index contributed by atoms with van der Waals surface area (Å²) >= 11 is 6.18. The minimum absolute atomic E-state index is 0.0298. The van der Waals surface area contributed by atoms with Gasteiger partial charge in [0.25, 0.3) is 5.69 Å². The van der Waals surface area contributed by atoms with Crippen molar-refractivity contribution in [3.05, 3.63) is 56.6 Å². The van der Waals surface area contributed by atoms with E-state index >= 15 is 0 Å². The van der Waals surface area contributed by atoms with Gasteiger partial charge in [-0.05, 0) is 36.2 Å². The Balaban J connectivity index is 1.72. The largest absolute Gasteiger partial charge is 0.486 e. The fraction of sp³-hybridized carbons (Fsp3) is 0.294. The number of fused-ring (bicyclic) bond motifs is 1. The first-order valence-electron chi connectivity index (χ1n) is 7.71. The number of ether oxygens (including phenoxy) is 2. The summed E-state index contributed by atoms with van der Waals surface area (Å²) < 4.78 is 11.0. The van der Waals surface area contributed by atoms with Crippen LogP contribution in [0.4, 0.5) is 11.4 Å². The summed E-state index contributed by atoms with van der Waals surface area (Å²) in [5.74, 6) is 1.00. The zero-order valence-electron chi connectivity index (χ0n) is 13.5. The monoisotopic (exact) mass is 364 g/mol. The molecule has 0 saturated carbocycles. The van der Waals surface area contributed by atoms with Crippen LogP contribution < -0.4 is 14.8 Å². The minimum atomic E-state index is -0.831.